The number of ether oxygens (including phenoxy) is 1. The van der Waals surface area contributed by atoms with Gasteiger partial charge in [-0.2, -0.15) is 0 Å². The predicted molar refractivity (Wildman–Crippen MR) is 79.9 cm³/mol. The van der Waals surface area contributed by atoms with Gasteiger partial charge in [-0.15, -0.1) is 13.2 Å². The third-order valence-corrected chi connectivity index (χ3v) is 2.94. The molecular weight excluding hydrogens is 328 g/mol. The van der Waals surface area contributed by atoms with Gasteiger partial charge in [0.25, 0.3) is 0 Å². The van der Waals surface area contributed by atoms with Crippen LogP contribution in [0.25, 0.3) is 0 Å². The quantitative estimate of drug-likeness (QED) is 0.791. The van der Waals surface area contributed by atoms with E-state index >= 15 is 0 Å². The van der Waals surface area contributed by atoms with E-state index < -0.39 is 6.36 Å². The zero-order valence-corrected chi connectivity index (χ0v) is 12.4. The Morgan fingerprint density at radius 1 is 1.00 bits per heavy atom. The van der Waals surface area contributed by atoms with E-state index in [9.17, 15) is 22.4 Å². The zero-order valence-electron chi connectivity index (χ0n) is 12.4. The molecule has 4 nitrogen and oxygen atoms in total. The number of amides is 1. The van der Waals surface area contributed by atoms with Gasteiger partial charge in [0.1, 0.15) is 11.6 Å². The van der Waals surface area contributed by atoms with Crippen LogP contribution in [0.3, 0.4) is 0 Å². The van der Waals surface area contributed by atoms with Crippen molar-refractivity contribution in [3.63, 3.8) is 0 Å². The largest absolute Gasteiger partial charge is 0.573 e. The highest BCUT2D eigenvalue weighted by molar-refractivity contribution is 5.80. The number of anilines is 1. The average molecular weight is 342 g/mol. The maximum atomic E-state index is 12.7. The van der Waals surface area contributed by atoms with E-state index in [1.807, 2.05) is 0 Å². The van der Waals surface area contributed by atoms with E-state index in [0.717, 1.165) is 17.7 Å². The van der Waals surface area contributed by atoms with Crippen molar-refractivity contribution in [2.45, 2.75) is 12.9 Å². The molecule has 24 heavy (non-hydrogen) atoms. The van der Waals surface area contributed by atoms with E-state index in [1.54, 1.807) is 12.1 Å². The number of carbonyl (C=O) groups excluding carboxylic acids is 1. The van der Waals surface area contributed by atoms with E-state index in [0.29, 0.717) is 5.69 Å². The van der Waals surface area contributed by atoms with Gasteiger partial charge in [0.05, 0.1) is 6.54 Å². The van der Waals surface area contributed by atoms with Crippen LogP contribution in [0.5, 0.6) is 5.75 Å². The van der Waals surface area contributed by atoms with Gasteiger partial charge in [-0.3, -0.25) is 4.79 Å². The minimum Gasteiger partial charge on any atom is -0.406 e. The van der Waals surface area contributed by atoms with E-state index in [-0.39, 0.29) is 30.6 Å². The van der Waals surface area contributed by atoms with Crippen LogP contribution >= 0.6 is 0 Å². The molecule has 0 atom stereocenters. The lowest BCUT2D eigenvalue weighted by molar-refractivity contribution is -0.274. The molecular formula is C16H14F4N2O2. The molecule has 2 aromatic rings. The molecule has 0 heterocycles. The molecule has 0 unspecified atom stereocenters. The summed E-state index contributed by atoms with van der Waals surface area (Å²) in [7, 11) is 0. The summed E-state index contributed by atoms with van der Waals surface area (Å²) in [6.45, 7) is 0.194. The standard InChI is InChI=1S/C16H14F4N2O2/c17-12-3-1-11(2-4-12)9-22-15(23)10-21-13-5-7-14(8-6-13)24-16(18,19)20/h1-8,21H,9-10H2,(H,22,23). The van der Waals surface area contributed by atoms with Gasteiger partial charge in [0.15, 0.2) is 0 Å². The van der Waals surface area contributed by atoms with Crippen molar-refractivity contribution < 1.29 is 27.1 Å². The highest BCUT2D eigenvalue weighted by Gasteiger charge is 2.30. The van der Waals surface area contributed by atoms with E-state index in [1.165, 1.54) is 24.3 Å². The zero-order chi connectivity index (χ0) is 17.6. The monoisotopic (exact) mass is 342 g/mol. The van der Waals surface area contributed by atoms with Crippen LogP contribution in [0.4, 0.5) is 23.2 Å². The Kier molecular flexibility index (Phi) is 5.62. The maximum Gasteiger partial charge on any atom is 0.573 e. The lowest BCUT2D eigenvalue weighted by Gasteiger charge is -2.10. The van der Waals surface area contributed by atoms with Crippen molar-refractivity contribution in [2.24, 2.45) is 0 Å². The summed E-state index contributed by atoms with van der Waals surface area (Å²) in [5, 5.41) is 5.40. The molecule has 0 aliphatic heterocycles. The Morgan fingerprint density at radius 3 is 2.21 bits per heavy atom. The van der Waals surface area contributed by atoms with Crippen LogP contribution in [-0.4, -0.2) is 18.8 Å². The first kappa shape index (κ1) is 17.6. The first-order valence-electron chi connectivity index (χ1n) is 6.93. The summed E-state index contributed by atoms with van der Waals surface area (Å²) in [6, 6.07) is 10.7. The highest BCUT2D eigenvalue weighted by Crippen LogP contribution is 2.23. The minimum atomic E-state index is -4.74. The fourth-order valence-corrected chi connectivity index (χ4v) is 1.82. The highest BCUT2D eigenvalue weighted by atomic mass is 19.4. The predicted octanol–water partition coefficient (Wildman–Crippen LogP) is 3.45. The van der Waals surface area contributed by atoms with Crippen LogP contribution in [0.1, 0.15) is 5.56 Å². The number of alkyl halides is 3. The van der Waals surface area contributed by atoms with Crippen molar-refractivity contribution in [2.75, 3.05) is 11.9 Å². The normalized spacial score (nSPS) is 11.0. The molecule has 0 aromatic heterocycles. The Morgan fingerprint density at radius 2 is 1.62 bits per heavy atom. The van der Waals surface area contributed by atoms with Gasteiger partial charge < -0.3 is 15.4 Å². The average Bonchev–Trinajstić information content (AvgIpc) is 2.52. The second-order valence-electron chi connectivity index (χ2n) is 4.83. The third kappa shape index (κ3) is 6.15. The topological polar surface area (TPSA) is 50.4 Å². The summed E-state index contributed by atoms with van der Waals surface area (Å²) >= 11 is 0. The summed E-state index contributed by atoms with van der Waals surface area (Å²) < 4.78 is 52.6. The fraction of sp³-hybridized carbons (Fsp3) is 0.188. The van der Waals surface area contributed by atoms with Crippen molar-refractivity contribution in [3.8, 4) is 5.75 Å². The Labute approximate surface area is 135 Å². The Balaban J connectivity index is 1.76. The van der Waals surface area contributed by atoms with Crippen molar-refractivity contribution in [1.82, 2.24) is 5.32 Å². The van der Waals surface area contributed by atoms with Gasteiger partial charge in [-0.25, -0.2) is 4.39 Å². The summed E-state index contributed by atoms with van der Waals surface area (Å²) in [4.78, 5) is 11.7. The van der Waals surface area contributed by atoms with Crippen molar-refractivity contribution >= 4 is 11.6 Å². The molecule has 128 valence electrons. The number of carbonyl (C=O) groups is 1. The molecule has 2 N–H and O–H groups in total. The lowest BCUT2D eigenvalue weighted by Crippen LogP contribution is -2.29. The van der Waals surface area contributed by atoms with Crippen LogP contribution in [-0.2, 0) is 11.3 Å². The van der Waals surface area contributed by atoms with Crippen molar-refractivity contribution in [3.05, 3.63) is 59.9 Å². The fourth-order valence-electron chi connectivity index (χ4n) is 1.82. The second-order valence-corrected chi connectivity index (χ2v) is 4.83. The molecule has 2 aromatic carbocycles. The molecule has 1 amide bonds. The molecule has 0 fully saturated rings. The molecule has 0 radical (unpaired) electrons. The summed E-state index contributed by atoms with van der Waals surface area (Å²) in [5.41, 5.74) is 1.22. The molecule has 0 aliphatic rings. The number of nitrogens with one attached hydrogen (secondary N) is 2. The van der Waals surface area contributed by atoms with Crippen LogP contribution < -0.4 is 15.4 Å². The van der Waals surface area contributed by atoms with Crippen LogP contribution in [0.15, 0.2) is 48.5 Å². The SMILES string of the molecule is O=C(CNc1ccc(OC(F)(F)F)cc1)NCc1ccc(F)cc1. The second kappa shape index (κ2) is 7.67. The van der Waals surface area contributed by atoms with Gasteiger partial charge >= 0.3 is 6.36 Å². The third-order valence-electron chi connectivity index (χ3n) is 2.94. The smallest absolute Gasteiger partial charge is 0.406 e. The molecule has 0 spiro atoms. The first-order chi connectivity index (χ1) is 11.3. The van der Waals surface area contributed by atoms with Crippen molar-refractivity contribution in [1.29, 1.82) is 0 Å². The summed E-state index contributed by atoms with van der Waals surface area (Å²) in [6.07, 6.45) is -4.74. The lowest BCUT2D eigenvalue weighted by atomic mass is 10.2. The molecule has 0 aliphatic carbocycles. The number of hydrogen-bond acceptors (Lipinski definition) is 3. The number of rotatable bonds is 6. The van der Waals surface area contributed by atoms with E-state index in [2.05, 4.69) is 15.4 Å². The van der Waals surface area contributed by atoms with Gasteiger partial charge in [-0.05, 0) is 42.0 Å². The first-order valence-corrected chi connectivity index (χ1v) is 6.93. The molecule has 0 saturated heterocycles. The van der Waals surface area contributed by atoms with Gasteiger partial charge in [0, 0.05) is 12.2 Å². The minimum absolute atomic E-state index is 0.0549. The van der Waals surface area contributed by atoms with Gasteiger partial charge in [-0.1, -0.05) is 12.1 Å². The Hall–Kier alpha value is -2.77. The van der Waals surface area contributed by atoms with E-state index in [4.69, 9.17) is 0 Å². The number of halogens is 4. The molecule has 0 bridgehead atoms. The van der Waals surface area contributed by atoms with Gasteiger partial charge in [0.2, 0.25) is 5.91 Å². The Bertz CT molecular complexity index is 670. The summed E-state index contributed by atoms with van der Waals surface area (Å²) in [5.74, 6) is -1.01. The molecule has 8 heteroatoms. The number of benzene rings is 2. The van der Waals surface area contributed by atoms with Crippen LogP contribution in [0, 0.1) is 5.82 Å². The molecule has 2 rings (SSSR count). The number of hydrogen-bond donors (Lipinski definition) is 2. The van der Waals surface area contributed by atoms with Crippen LogP contribution in [0.2, 0.25) is 0 Å². The maximum absolute atomic E-state index is 12.7. The molecule has 0 saturated carbocycles.